The van der Waals surface area contributed by atoms with Gasteiger partial charge in [0.1, 0.15) is 0 Å². The van der Waals surface area contributed by atoms with E-state index in [1.165, 1.54) is 37.8 Å². The van der Waals surface area contributed by atoms with Crippen molar-refractivity contribution in [3.05, 3.63) is 64.2 Å². The van der Waals surface area contributed by atoms with E-state index in [4.69, 9.17) is 23.8 Å². The van der Waals surface area contributed by atoms with E-state index in [1.54, 1.807) is 18.2 Å². The Hall–Kier alpha value is -2.97. The highest BCUT2D eigenvalue weighted by atomic mass is 35.5. The Bertz CT molecular complexity index is 1020. The lowest BCUT2D eigenvalue weighted by molar-refractivity contribution is 0.0600. The lowest BCUT2D eigenvalue weighted by atomic mass is 9.95. The normalized spacial score (nSPS) is 13.7. The Morgan fingerprint density at radius 3 is 2.28 bits per heavy atom. The van der Waals surface area contributed by atoms with Gasteiger partial charge < -0.3 is 15.4 Å². The van der Waals surface area contributed by atoms with Crippen LogP contribution in [0, 0.1) is 0 Å². The van der Waals surface area contributed by atoms with Gasteiger partial charge in [-0.1, -0.05) is 30.9 Å². The molecule has 0 atom stereocenters. The maximum Gasteiger partial charge on any atom is 0.337 e. The molecule has 1 aliphatic rings. The molecule has 3 rings (SSSR count). The lowest BCUT2D eigenvalue weighted by Gasteiger charge is -2.23. The predicted molar refractivity (Wildman–Crippen MR) is 127 cm³/mol. The summed E-state index contributed by atoms with van der Waals surface area (Å²) in [5.41, 5.74) is 1.53. The van der Waals surface area contributed by atoms with E-state index in [0.29, 0.717) is 27.4 Å². The van der Waals surface area contributed by atoms with E-state index >= 15 is 0 Å². The number of amides is 2. The highest BCUT2D eigenvalue weighted by molar-refractivity contribution is 7.80. The van der Waals surface area contributed by atoms with Crippen molar-refractivity contribution in [2.75, 3.05) is 12.4 Å². The molecule has 2 amide bonds. The summed E-state index contributed by atoms with van der Waals surface area (Å²) in [4.78, 5) is 36.6. The molecule has 0 bridgehead atoms. The molecule has 0 unspecified atom stereocenters. The van der Waals surface area contributed by atoms with E-state index < -0.39 is 11.9 Å². The lowest BCUT2D eigenvalue weighted by Crippen LogP contribution is -2.36. The molecule has 0 saturated heterocycles. The summed E-state index contributed by atoms with van der Waals surface area (Å²) in [5.74, 6) is -1.16. The number of hydrogen-bond acceptors (Lipinski definition) is 5. The van der Waals surface area contributed by atoms with Crippen LogP contribution in [0.15, 0.2) is 42.5 Å². The molecule has 0 radical (unpaired) electrons. The summed E-state index contributed by atoms with van der Waals surface area (Å²) in [7, 11) is 1.29. The van der Waals surface area contributed by atoms with Crippen molar-refractivity contribution in [1.29, 1.82) is 0 Å². The molecule has 3 N–H and O–H groups in total. The van der Waals surface area contributed by atoms with Gasteiger partial charge in [0.15, 0.2) is 5.11 Å². The second-order valence-corrected chi connectivity index (χ2v) is 8.30. The Balaban J connectivity index is 1.60. The topological polar surface area (TPSA) is 96.5 Å². The fraction of sp³-hybridized carbons (Fsp3) is 0.304. The minimum atomic E-state index is -0.486. The van der Waals surface area contributed by atoms with E-state index in [9.17, 15) is 14.4 Å². The van der Waals surface area contributed by atoms with Crippen LogP contribution in [0.1, 0.15) is 63.2 Å². The molecule has 0 aromatic heterocycles. The van der Waals surface area contributed by atoms with Crippen LogP contribution in [-0.2, 0) is 4.74 Å². The van der Waals surface area contributed by atoms with Gasteiger partial charge in [0.25, 0.3) is 11.8 Å². The molecule has 1 aliphatic carbocycles. The minimum Gasteiger partial charge on any atom is -0.465 e. The SMILES string of the molecule is COC(=O)c1ccc(C(=O)NC(=S)Nc2ccc(Cl)c(C(=O)NC3CCCCC3)c2)cc1. The molecule has 7 nitrogen and oxygen atoms in total. The van der Waals surface area contributed by atoms with Gasteiger partial charge in [0.05, 0.1) is 23.3 Å². The van der Waals surface area contributed by atoms with E-state index in [2.05, 4.69) is 20.7 Å². The van der Waals surface area contributed by atoms with E-state index in [-0.39, 0.29) is 17.1 Å². The first-order valence-corrected chi connectivity index (χ1v) is 11.1. The first-order valence-electron chi connectivity index (χ1n) is 10.3. The van der Waals surface area contributed by atoms with Crippen LogP contribution < -0.4 is 16.0 Å². The van der Waals surface area contributed by atoms with Crippen LogP contribution >= 0.6 is 23.8 Å². The second kappa shape index (κ2) is 11.1. The Kier molecular flexibility index (Phi) is 8.19. The number of carbonyl (C=O) groups is 3. The van der Waals surface area contributed by atoms with Gasteiger partial charge in [-0.25, -0.2) is 4.79 Å². The van der Waals surface area contributed by atoms with Gasteiger partial charge in [-0.2, -0.15) is 0 Å². The molecule has 32 heavy (non-hydrogen) atoms. The summed E-state index contributed by atoms with van der Waals surface area (Å²) in [5, 5.41) is 8.90. The maximum atomic E-state index is 12.7. The highest BCUT2D eigenvalue weighted by Gasteiger charge is 2.19. The number of esters is 1. The maximum absolute atomic E-state index is 12.7. The third-order valence-electron chi connectivity index (χ3n) is 5.20. The minimum absolute atomic E-state index is 0.0630. The molecule has 1 fully saturated rings. The fourth-order valence-corrected chi connectivity index (χ4v) is 3.91. The van der Waals surface area contributed by atoms with Gasteiger partial charge in [-0.3, -0.25) is 14.9 Å². The molecule has 0 aliphatic heterocycles. The van der Waals surface area contributed by atoms with Crippen molar-refractivity contribution in [3.63, 3.8) is 0 Å². The third-order valence-corrected chi connectivity index (χ3v) is 5.74. The molecule has 9 heteroatoms. The number of anilines is 1. The van der Waals surface area contributed by atoms with Crippen molar-refractivity contribution in [1.82, 2.24) is 10.6 Å². The quantitative estimate of drug-likeness (QED) is 0.442. The summed E-state index contributed by atoms with van der Waals surface area (Å²) in [6.07, 6.45) is 5.36. The van der Waals surface area contributed by atoms with Crippen molar-refractivity contribution in [2.45, 2.75) is 38.1 Å². The molecule has 0 spiro atoms. The van der Waals surface area contributed by atoms with Crippen LogP contribution in [0.5, 0.6) is 0 Å². The number of nitrogens with one attached hydrogen (secondary N) is 3. The molecule has 1 saturated carbocycles. The molecule has 168 valence electrons. The Morgan fingerprint density at radius 1 is 0.969 bits per heavy atom. The average Bonchev–Trinajstić information content (AvgIpc) is 2.80. The van der Waals surface area contributed by atoms with Crippen LogP contribution in [0.2, 0.25) is 5.02 Å². The van der Waals surface area contributed by atoms with E-state index in [1.807, 2.05) is 0 Å². The van der Waals surface area contributed by atoms with Gasteiger partial charge in [0.2, 0.25) is 0 Å². The smallest absolute Gasteiger partial charge is 0.337 e. The predicted octanol–water partition coefficient (Wildman–Crippen LogP) is 4.32. The number of thiocarbonyl (C=S) groups is 1. The van der Waals surface area contributed by atoms with Gasteiger partial charge in [0, 0.05) is 17.3 Å². The zero-order valence-electron chi connectivity index (χ0n) is 17.6. The fourth-order valence-electron chi connectivity index (χ4n) is 3.50. The number of carbonyl (C=O) groups excluding carboxylic acids is 3. The van der Waals surface area contributed by atoms with Crippen molar-refractivity contribution in [3.8, 4) is 0 Å². The number of hydrogen-bond donors (Lipinski definition) is 3. The van der Waals surface area contributed by atoms with Crippen molar-refractivity contribution in [2.24, 2.45) is 0 Å². The van der Waals surface area contributed by atoms with Crippen LogP contribution in [-0.4, -0.2) is 36.0 Å². The summed E-state index contributed by atoms with van der Waals surface area (Å²) < 4.78 is 4.64. The summed E-state index contributed by atoms with van der Waals surface area (Å²) in [6.45, 7) is 0. The standard InChI is InChI=1S/C23H24ClN3O4S/c1-31-22(30)15-9-7-14(8-10-15)20(28)27-23(32)26-17-11-12-19(24)18(13-17)21(29)25-16-5-3-2-4-6-16/h7-13,16H,2-6H2,1H3,(H,25,29)(H2,26,27,28,32). The third kappa shape index (κ3) is 6.27. The van der Waals surface area contributed by atoms with E-state index in [0.717, 1.165) is 25.7 Å². The highest BCUT2D eigenvalue weighted by Crippen LogP contribution is 2.23. The first kappa shape index (κ1) is 23.7. The van der Waals surface area contributed by atoms with Gasteiger partial charge in [-0.15, -0.1) is 0 Å². The monoisotopic (exact) mass is 473 g/mol. The van der Waals surface area contributed by atoms with Crippen LogP contribution in [0.25, 0.3) is 0 Å². The molecular formula is C23H24ClN3O4S. The van der Waals surface area contributed by atoms with Gasteiger partial charge >= 0.3 is 5.97 Å². The van der Waals surface area contributed by atoms with Gasteiger partial charge in [-0.05, 0) is 67.5 Å². The number of benzene rings is 2. The van der Waals surface area contributed by atoms with Crippen LogP contribution in [0.3, 0.4) is 0 Å². The summed E-state index contributed by atoms with van der Waals surface area (Å²) >= 11 is 11.5. The zero-order valence-corrected chi connectivity index (χ0v) is 19.1. The Labute approximate surface area is 196 Å². The number of rotatable bonds is 5. The number of halogens is 1. The number of ether oxygens (including phenoxy) is 1. The van der Waals surface area contributed by atoms with Crippen LogP contribution in [0.4, 0.5) is 5.69 Å². The van der Waals surface area contributed by atoms with Crippen molar-refractivity contribution >= 4 is 52.4 Å². The largest absolute Gasteiger partial charge is 0.465 e. The molecule has 0 heterocycles. The zero-order chi connectivity index (χ0) is 23.1. The first-order chi connectivity index (χ1) is 15.4. The summed E-state index contributed by atoms with van der Waals surface area (Å²) in [6, 6.07) is 11.0. The molecule has 2 aromatic rings. The second-order valence-electron chi connectivity index (χ2n) is 7.48. The average molecular weight is 474 g/mol. The Morgan fingerprint density at radius 2 is 1.62 bits per heavy atom. The molecular weight excluding hydrogens is 450 g/mol. The number of methoxy groups -OCH3 is 1. The molecule has 2 aromatic carbocycles. The van der Waals surface area contributed by atoms with Crippen molar-refractivity contribution < 1.29 is 19.1 Å².